The van der Waals surface area contributed by atoms with Crippen molar-refractivity contribution in [3.8, 4) is 0 Å². The summed E-state index contributed by atoms with van der Waals surface area (Å²) in [6.07, 6.45) is 4.21. The highest BCUT2D eigenvalue weighted by Gasteiger charge is 2.28. The van der Waals surface area contributed by atoms with E-state index in [1.807, 2.05) is 13.8 Å². The molecule has 0 saturated heterocycles. The van der Waals surface area contributed by atoms with Crippen molar-refractivity contribution in [3.05, 3.63) is 53.1 Å². The van der Waals surface area contributed by atoms with Crippen molar-refractivity contribution in [2.24, 2.45) is 0 Å². The van der Waals surface area contributed by atoms with Gasteiger partial charge in [-0.05, 0) is 72.7 Å². The number of thioether (sulfide) groups is 1. The molecule has 1 heterocycles. The molecule has 5 nitrogen and oxygen atoms in total. The Kier molecular flexibility index (Phi) is 6.23. The molecule has 4 rings (SSSR count). The van der Waals surface area contributed by atoms with E-state index in [-0.39, 0.29) is 5.91 Å². The molecule has 1 aliphatic carbocycles. The number of hydrogen-bond acceptors (Lipinski definition) is 4. The Morgan fingerprint density at radius 3 is 2.53 bits per heavy atom. The fourth-order valence-electron chi connectivity index (χ4n) is 4.37. The summed E-state index contributed by atoms with van der Waals surface area (Å²) in [6.45, 7) is 5.18. The second-order valence-electron chi connectivity index (χ2n) is 7.75. The number of carbonyl (C=O) groups is 1. The maximum absolute atomic E-state index is 12.9. The number of nitrogens with zero attached hydrogens (tertiary/aromatic N) is 2. The first-order valence-corrected chi connectivity index (χ1v) is 13.0. The van der Waals surface area contributed by atoms with Gasteiger partial charge in [0.1, 0.15) is 0 Å². The molecule has 7 heteroatoms. The van der Waals surface area contributed by atoms with Crippen LogP contribution in [0.4, 0.5) is 5.69 Å². The summed E-state index contributed by atoms with van der Waals surface area (Å²) >= 11 is 1.58. The number of carbonyl (C=O) groups excluding carboxylic acids is 1. The third kappa shape index (κ3) is 4.03. The Labute approximate surface area is 183 Å². The van der Waals surface area contributed by atoms with Crippen LogP contribution in [0.15, 0.2) is 46.2 Å². The molecule has 1 aliphatic heterocycles. The third-order valence-electron chi connectivity index (χ3n) is 6.02. The van der Waals surface area contributed by atoms with Gasteiger partial charge >= 0.3 is 0 Å². The Morgan fingerprint density at radius 1 is 1.00 bits per heavy atom. The van der Waals surface area contributed by atoms with E-state index in [1.54, 1.807) is 34.9 Å². The Morgan fingerprint density at radius 2 is 1.77 bits per heavy atom. The number of aryl methyl sites for hydroxylation is 2. The summed E-state index contributed by atoms with van der Waals surface area (Å²) in [5.41, 5.74) is 4.63. The third-order valence-corrected chi connectivity index (χ3v) is 9.05. The van der Waals surface area contributed by atoms with Crippen molar-refractivity contribution in [1.82, 2.24) is 4.31 Å². The SMILES string of the molecule is CCN(CC)S(=O)(=O)c1ccc2c(c1)CCN2C(=O)CSc1ccc2c(c1)CCC2. The van der Waals surface area contributed by atoms with Gasteiger partial charge < -0.3 is 4.90 Å². The second kappa shape index (κ2) is 8.73. The highest BCUT2D eigenvalue weighted by Crippen LogP contribution is 2.33. The summed E-state index contributed by atoms with van der Waals surface area (Å²) < 4.78 is 27.0. The molecular weight excluding hydrogens is 416 g/mol. The molecule has 1 amide bonds. The van der Waals surface area contributed by atoms with Gasteiger partial charge in [-0.25, -0.2) is 8.42 Å². The molecule has 2 aliphatic rings. The molecule has 0 bridgehead atoms. The van der Waals surface area contributed by atoms with E-state index < -0.39 is 10.0 Å². The molecule has 30 heavy (non-hydrogen) atoms. The first-order valence-electron chi connectivity index (χ1n) is 10.6. The van der Waals surface area contributed by atoms with Crippen molar-refractivity contribution in [3.63, 3.8) is 0 Å². The zero-order valence-corrected chi connectivity index (χ0v) is 19.2. The van der Waals surface area contributed by atoms with Crippen LogP contribution in [-0.2, 0) is 34.1 Å². The summed E-state index contributed by atoms with van der Waals surface area (Å²) in [4.78, 5) is 16.1. The first-order chi connectivity index (χ1) is 14.4. The number of rotatable bonds is 7. The van der Waals surface area contributed by atoms with Crippen LogP contribution in [0.1, 0.15) is 37.0 Å². The molecule has 0 N–H and O–H groups in total. The normalized spacial score (nSPS) is 15.5. The largest absolute Gasteiger partial charge is 0.311 e. The molecule has 0 radical (unpaired) electrons. The molecule has 160 valence electrons. The Balaban J connectivity index is 1.46. The molecule has 2 aromatic carbocycles. The van der Waals surface area contributed by atoms with Crippen LogP contribution in [0.2, 0.25) is 0 Å². The van der Waals surface area contributed by atoms with Crippen LogP contribution in [0.3, 0.4) is 0 Å². The fraction of sp³-hybridized carbons (Fsp3) is 0.435. The number of sulfonamides is 1. The van der Waals surface area contributed by atoms with E-state index >= 15 is 0 Å². The van der Waals surface area contributed by atoms with Crippen LogP contribution < -0.4 is 4.90 Å². The second-order valence-corrected chi connectivity index (χ2v) is 10.7. The van der Waals surface area contributed by atoms with Crippen molar-refractivity contribution >= 4 is 33.4 Å². The topological polar surface area (TPSA) is 57.7 Å². The van der Waals surface area contributed by atoms with Gasteiger partial charge in [0.25, 0.3) is 0 Å². The average Bonchev–Trinajstić information content (AvgIpc) is 3.38. The van der Waals surface area contributed by atoms with Crippen LogP contribution in [0.5, 0.6) is 0 Å². The predicted molar refractivity (Wildman–Crippen MR) is 122 cm³/mol. The summed E-state index contributed by atoms with van der Waals surface area (Å²) in [6, 6.07) is 11.7. The maximum Gasteiger partial charge on any atom is 0.243 e. The lowest BCUT2D eigenvalue weighted by molar-refractivity contribution is -0.116. The van der Waals surface area contributed by atoms with Crippen molar-refractivity contribution in [2.75, 3.05) is 30.3 Å². The number of anilines is 1. The zero-order valence-electron chi connectivity index (χ0n) is 17.6. The van der Waals surface area contributed by atoms with Crippen molar-refractivity contribution < 1.29 is 13.2 Å². The molecule has 2 aromatic rings. The van der Waals surface area contributed by atoms with Gasteiger partial charge in [-0.2, -0.15) is 4.31 Å². The Bertz CT molecular complexity index is 1060. The van der Waals surface area contributed by atoms with E-state index in [4.69, 9.17) is 0 Å². The highest BCUT2D eigenvalue weighted by atomic mass is 32.2. The first kappa shape index (κ1) is 21.4. The van der Waals surface area contributed by atoms with E-state index in [0.29, 0.717) is 36.7 Å². The zero-order chi connectivity index (χ0) is 21.3. The lowest BCUT2D eigenvalue weighted by Gasteiger charge is -2.20. The van der Waals surface area contributed by atoms with Gasteiger partial charge in [0.05, 0.1) is 10.6 Å². The molecule has 0 fully saturated rings. The average molecular weight is 445 g/mol. The van der Waals surface area contributed by atoms with Gasteiger partial charge in [0, 0.05) is 30.2 Å². The van der Waals surface area contributed by atoms with Crippen molar-refractivity contribution in [1.29, 1.82) is 0 Å². The molecule has 0 saturated carbocycles. The molecule has 0 aromatic heterocycles. The minimum atomic E-state index is -3.49. The smallest absolute Gasteiger partial charge is 0.243 e. The number of hydrogen-bond donors (Lipinski definition) is 0. The number of fused-ring (bicyclic) bond motifs is 2. The molecule has 0 spiro atoms. The van der Waals surface area contributed by atoms with Gasteiger partial charge in [-0.1, -0.05) is 19.9 Å². The summed E-state index contributed by atoms with van der Waals surface area (Å²) in [5, 5.41) is 0. The van der Waals surface area contributed by atoms with Crippen molar-refractivity contribution in [2.45, 2.75) is 49.3 Å². The van der Waals surface area contributed by atoms with E-state index in [0.717, 1.165) is 29.0 Å². The summed E-state index contributed by atoms with van der Waals surface area (Å²) in [5.74, 6) is 0.455. The molecular formula is C23H28N2O3S2. The van der Waals surface area contributed by atoms with Crippen LogP contribution in [0, 0.1) is 0 Å². The van der Waals surface area contributed by atoms with Gasteiger partial charge in [-0.15, -0.1) is 11.8 Å². The maximum atomic E-state index is 12.9. The standard InChI is InChI=1S/C23H28N2O3S2/c1-3-24(4-2)30(27,28)21-10-11-22-19(15-21)12-13-25(22)23(26)16-29-20-9-8-17-6-5-7-18(17)14-20/h8-11,14-15H,3-7,12-13,16H2,1-2H3. The minimum Gasteiger partial charge on any atom is -0.311 e. The lowest BCUT2D eigenvalue weighted by atomic mass is 10.1. The monoisotopic (exact) mass is 444 g/mol. The summed E-state index contributed by atoms with van der Waals surface area (Å²) in [7, 11) is -3.49. The predicted octanol–water partition coefficient (Wildman–Crippen LogP) is 3.89. The highest BCUT2D eigenvalue weighted by molar-refractivity contribution is 8.00. The van der Waals surface area contributed by atoms with Gasteiger partial charge in [0.15, 0.2) is 0 Å². The quantitative estimate of drug-likeness (QED) is 0.608. The van der Waals surface area contributed by atoms with E-state index in [2.05, 4.69) is 18.2 Å². The fourth-order valence-corrected chi connectivity index (χ4v) is 6.72. The van der Waals surface area contributed by atoms with Crippen LogP contribution in [0.25, 0.3) is 0 Å². The van der Waals surface area contributed by atoms with E-state index in [9.17, 15) is 13.2 Å². The van der Waals surface area contributed by atoms with Crippen LogP contribution >= 0.6 is 11.8 Å². The van der Waals surface area contributed by atoms with Gasteiger partial charge in [0.2, 0.25) is 15.9 Å². The van der Waals surface area contributed by atoms with E-state index in [1.165, 1.54) is 21.9 Å². The van der Waals surface area contributed by atoms with Crippen LogP contribution in [-0.4, -0.2) is 44.0 Å². The number of benzene rings is 2. The molecule has 0 unspecified atom stereocenters. The Hall–Kier alpha value is -1.83. The number of amides is 1. The van der Waals surface area contributed by atoms with Gasteiger partial charge in [-0.3, -0.25) is 4.79 Å². The minimum absolute atomic E-state index is 0.0681. The molecule has 0 atom stereocenters. The lowest BCUT2D eigenvalue weighted by Crippen LogP contribution is -2.31.